The molecule has 24 heavy (non-hydrogen) atoms. The molecular formula is C18H22F2N4. The second-order valence-corrected chi connectivity index (χ2v) is 5.24. The van der Waals surface area contributed by atoms with Crippen LogP contribution in [0.5, 0.6) is 0 Å². The second kappa shape index (κ2) is 9.60. The van der Waals surface area contributed by atoms with Crippen molar-refractivity contribution < 1.29 is 8.78 Å². The number of nitrogens with one attached hydrogen (secondary N) is 2. The lowest BCUT2D eigenvalue weighted by Crippen LogP contribution is -2.38. The Labute approximate surface area is 141 Å². The van der Waals surface area contributed by atoms with E-state index < -0.39 is 11.6 Å². The molecule has 0 amide bonds. The summed E-state index contributed by atoms with van der Waals surface area (Å²) in [5.74, 6) is -0.164. The lowest BCUT2D eigenvalue weighted by Gasteiger charge is -2.11. The van der Waals surface area contributed by atoms with Gasteiger partial charge < -0.3 is 10.6 Å². The zero-order chi connectivity index (χ0) is 17.2. The monoisotopic (exact) mass is 332 g/mol. The molecule has 2 aromatic rings. The van der Waals surface area contributed by atoms with Crippen molar-refractivity contribution in [2.24, 2.45) is 4.99 Å². The molecule has 0 saturated carbocycles. The zero-order valence-electron chi connectivity index (χ0n) is 13.7. The highest BCUT2D eigenvalue weighted by Gasteiger charge is 2.04. The van der Waals surface area contributed by atoms with Crippen LogP contribution in [0, 0.1) is 11.6 Å². The molecule has 0 unspecified atom stereocenters. The highest BCUT2D eigenvalue weighted by molar-refractivity contribution is 5.79. The van der Waals surface area contributed by atoms with Crippen molar-refractivity contribution in [2.75, 3.05) is 19.6 Å². The first-order chi connectivity index (χ1) is 11.7. The molecule has 0 aliphatic rings. The SMILES string of the molecule is CCNC(=NCCc1ccccn1)NCCc1cc(F)ccc1F. The van der Waals surface area contributed by atoms with E-state index in [0.717, 1.165) is 30.8 Å². The number of aliphatic imine (C=N–C) groups is 1. The van der Waals surface area contributed by atoms with Gasteiger partial charge in [0, 0.05) is 37.9 Å². The number of nitrogens with zero attached hydrogens (tertiary/aromatic N) is 2. The van der Waals surface area contributed by atoms with Crippen LogP contribution in [0.2, 0.25) is 0 Å². The van der Waals surface area contributed by atoms with Gasteiger partial charge in [0.15, 0.2) is 5.96 Å². The maximum Gasteiger partial charge on any atom is 0.191 e. The molecule has 0 aliphatic carbocycles. The predicted molar refractivity (Wildman–Crippen MR) is 92.0 cm³/mol. The summed E-state index contributed by atoms with van der Waals surface area (Å²) in [6.07, 6.45) is 2.89. The van der Waals surface area contributed by atoms with Crippen LogP contribution in [0.25, 0.3) is 0 Å². The fourth-order valence-corrected chi connectivity index (χ4v) is 2.22. The smallest absolute Gasteiger partial charge is 0.191 e. The topological polar surface area (TPSA) is 49.3 Å². The summed E-state index contributed by atoms with van der Waals surface area (Å²) in [5, 5.41) is 6.26. The molecule has 2 N–H and O–H groups in total. The molecule has 0 bridgehead atoms. The maximum atomic E-state index is 13.6. The van der Waals surface area contributed by atoms with Crippen LogP contribution in [0.4, 0.5) is 8.78 Å². The summed E-state index contributed by atoms with van der Waals surface area (Å²) in [6.45, 7) is 3.77. The first-order valence-corrected chi connectivity index (χ1v) is 8.05. The largest absolute Gasteiger partial charge is 0.357 e. The molecular weight excluding hydrogens is 310 g/mol. The molecule has 1 aromatic carbocycles. The van der Waals surface area contributed by atoms with E-state index >= 15 is 0 Å². The predicted octanol–water partition coefficient (Wildman–Crippen LogP) is 2.70. The van der Waals surface area contributed by atoms with Gasteiger partial charge in [-0.15, -0.1) is 0 Å². The number of aromatic nitrogens is 1. The van der Waals surface area contributed by atoms with Crippen molar-refractivity contribution in [3.63, 3.8) is 0 Å². The van der Waals surface area contributed by atoms with Crippen molar-refractivity contribution in [3.05, 3.63) is 65.5 Å². The third-order valence-corrected chi connectivity index (χ3v) is 3.40. The summed E-state index contributed by atoms with van der Waals surface area (Å²) < 4.78 is 26.7. The Morgan fingerprint density at radius 3 is 2.75 bits per heavy atom. The Morgan fingerprint density at radius 1 is 1.12 bits per heavy atom. The minimum atomic E-state index is -0.428. The quantitative estimate of drug-likeness (QED) is 0.605. The first kappa shape index (κ1) is 17.8. The van der Waals surface area contributed by atoms with Gasteiger partial charge in [0.25, 0.3) is 0 Å². The molecule has 1 heterocycles. The number of pyridine rings is 1. The number of hydrogen-bond donors (Lipinski definition) is 2. The summed E-state index contributed by atoms with van der Waals surface area (Å²) in [7, 11) is 0. The second-order valence-electron chi connectivity index (χ2n) is 5.24. The number of rotatable bonds is 7. The molecule has 4 nitrogen and oxygen atoms in total. The van der Waals surface area contributed by atoms with Crippen LogP contribution < -0.4 is 10.6 Å². The number of guanidine groups is 1. The highest BCUT2D eigenvalue weighted by Crippen LogP contribution is 2.09. The Hall–Kier alpha value is -2.50. The van der Waals surface area contributed by atoms with Gasteiger partial charge in [-0.2, -0.15) is 0 Å². The van der Waals surface area contributed by atoms with Gasteiger partial charge in [-0.05, 0) is 49.2 Å². The highest BCUT2D eigenvalue weighted by atomic mass is 19.1. The zero-order valence-corrected chi connectivity index (χ0v) is 13.7. The average molecular weight is 332 g/mol. The lowest BCUT2D eigenvalue weighted by molar-refractivity contribution is 0.583. The summed E-state index contributed by atoms with van der Waals surface area (Å²) in [6, 6.07) is 9.28. The van der Waals surface area contributed by atoms with E-state index in [1.54, 1.807) is 6.20 Å². The van der Waals surface area contributed by atoms with Crippen LogP contribution in [-0.4, -0.2) is 30.6 Å². The summed E-state index contributed by atoms with van der Waals surface area (Å²) >= 11 is 0. The van der Waals surface area contributed by atoms with Crippen molar-refractivity contribution in [2.45, 2.75) is 19.8 Å². The maximum absolute atomic E-state index is 13.6. The number of hydrogen-bond acceptors (Lipinski definition) is 2. The van der Waals surface area contributed by atoms with E-state index in [2.05, 4.69) is 20.6 Å². The molecule has 0 fully saturated rings. The van der Waals surface area contributed by atoms with Gasteiger partial charge in [-0.3, -0.25) is 9.98 Å². The van der Waals surface area contributed by atoms with E-state index in [1.807, 2.05) is 25.1 Å². The Morgan fingerprint density at radius 2 is 2.00 bits per heavy atom. The molecule has 0 atom stereocenters. The van der Waals surface area contributed by atoms with Crippen molar-refractivity contribution in [1.82, 2.24) is 15.6 Å². The molecule has 0 saturated heterocycles. The Balaban J connectivity index is 1.84. The number of benzene rings is 1. The minimum Gasteiger partial charge on any atom is -0.357 e. The molecule has 0 aliphatic heterocycles. The standard InChI is InChI=1S/C18H22F2N4/c1-2-21-18(24-12-9-16-5-3-4-10-22-16)23-11-8-14-13-15(19)6-7-17(14)20/h3-7,10,13H,2,8-9,11-12H2,1H3,(H2,21,23,24). The van der Waals surface area contributed by atoms with Gasteiger partial charge in [0.1, 0.15) is 11.6 Å². The first-order valence-electron chi connectivity index (χ1n) is 8.05. The van der Waals surface area contributed by atoms with E-state index in [1.165, 1.54) is 6.07 Å². The summed E-state index contributed by atoms with van der Waals surface area (Å²) in [4.78, 5) is 8.72. The van der Waals surface area contributed by atoms with Crippen molar-refractivity contribution in [1.29, 1.82) is 0 Å². The number of halogens is 2. The fourth-order valence-electron chi connectivity index (χ4n) is 2.22. The van der Waals surface area contributed by atoms with Crippen molar-refractivity contribution >= 4 is 5.96 Å². The molecule has 0 radical (unpaired) electrons. The van der Waals surface area contributed by atoms with E-state index in [9.17, 15) is 8.78 Å². The molecule has 128 valence electrons. The van der Waals surface area contributed by atoms with Crippen LogP contribution in [0.1, 0.15) is 18.2 Å². The molecule has 0 spiro atoms. The van der Waals surface area contributed by atoms with E-state index in [4.69, 9.17) is 0 Å². The average Bonchev–Trinajstić information content (AvgIpc) is 2.59. The van der Waals surface area contributed by atoms with Gasteiger partial charge >= 0.3 is 0 Å². The Bertz CT molecular complexity index is 659. The molecule has 1 aromatic heterocycles. The van der Waals surface area contributed by atoms with Gasteiger partial charge in [0.05, 0.1) is 0 Å². The van der Waals surface area contributed by atoms with Crippen LogP contribution >= 0.6 is 0 Å². The van der Waals surface area contributed by atoms with E-state index in [-0.39, 0.29) is 0 Å². The van der Waals surface area contributed by atoms with Crippen LogP contribution in [0.3, 0.4) is 0 Å². The summed E-state index contributed by atoms with van der Waals surface area (Å²) in [5.41, 5.74) is 1.34. The van der Waals surface area contributed by atoms with Gasteiger partial charge in [0.2, 0.25) is 0 Å². The van der Waals surface area contributed by atoms with E-state index in [0.29, 0.717) is 31.0 Å². The molecule has 2 rings (SSSR count). The van der Waals surface area contributed by atoms with Gasteiger partial charge in [-0.25, -0.2) is 8.78 Å². The normalized spacial score (nSPS) is 11.4. The van der Waals surface area contributed by atoms with Gasteiger partial charge in [-0.1, -0.05) is 6.07 Å². The third-order valence-electron chi connectivity index (χ3n) is 3.40. The van der Waals surface area contributed by atoms with Crippen molar-refractivity contribution in [3.8, 4) is 0 Å². The van der Waals surface area contributed by atoms with Crippen LogP contribution in [0.15, 0.2) is 47.6 Å². The minimum absolute atomic E-state index is 0.354. The lowest BCUT2D eigenvalue weighted by atomic mass is 10.1. The third kappa shape index (κ3) is 5.95. The molecule has 6 heteroatoms. The fraction of sp³-hybridized carbons (Fsp3) is 0.333. The Kier molecular flexibility index (Phi) is 7.14. The van der Waals surface area contributed by atoms with Crippen LogP contribution in [-0.2, 0) is 12.8 Å².